The van der Waals surface area contributed by atoms with E-state index in [2.05, 4.69) is 13.8 Å². The second kappa shape index (κ2) is 37.4. The van der Waals surface area contributed by atoms with Crippen molar-refractivity contribution in [1.82, 2.24) is 0 Å². The van der Waals surface area contributed by atoms with Crippen molar-refractivity contribution in [3.63, 3.8) is 0 Å². The van der Waals surface area contributed by atoms with Gasteiger partial charge in [-0.15, -0.1) is 0 Å². The summed E-state index contributed by atoms with van der Waals surface area (Å²) in [5.41, 5.74) is 0. The molecular weight excluding hydrogens is 673 g/mol. The summed E-state index contributed by atoms with van der Waals surface area (Å²) in [6, 6.07) is 0. The van der Waals surface area contributed by atoms with Crippen molar-refractivity contribution in [3.8, 4) is 0 Å². The van der Waals surface area contributed by atoms with Gasteiger partial charge in [0, 0.05) is 13.0 Å². The molecule has 0 rings (SSSR count). The fraction of sp³-hybridized carbons (Fsp3) is 0.977. The molecule has 1 N–H and O–H groups in total. The molecule has 0 aliphatic rings. The lowest BCUT2D eigenvalue weighted by molar-refractivity contribution is -0.870. The van der Waals surface area contributed by atoms with Gasteiger partial charge in [0.2, 0.25) is 0 Å². The third-order valence-electron chi connectivity index (χ3n) is 9.92. The first-order valence-corrected chi connectivity index (χ1v) is 23.8. The molecule has 0 spiro atoms. The number of nitrogens with zero attached hydrogens (tertiary/aromatic N) is 1. The van der Waals surface area contributed by atoms with Crippen LogP contribution in [0, 0.1) is 0 Å². The van der Waals surface area contributed by atoms with Gasteiger partial charge in [-0.25, -0.2) is 4.57 Å². The fourth-order valence-electron chi connectivity index (χ4n) is 6.44. The Morgan fingerprint density at radius 1 is 0.519 bits per heavy atom. The molecule has 8 nitrogen and oxygen atoms in total. The van der Waals surface area contributed by atoms with Crippen LogP contribution in [0.1, 0.15) is 213 Å². The van der Waals surface area contributed by atoms with E-state index >= 15 is 0 Å². The maximum Gasteiger partial charge on any atom is 0.472 e. The minimum atomic E-state index is -4.26. The average molecular weight is 763 g/mol. The van der Waals surface area contributed by atoms with Crippen LogP contribution < -0.4 is 0 Å². The summed E-state index contributed by atoms with van der Waals surface area (Å²) in [6.45, 7) is 5.68. The van der Waals surface area contributed by atoms with Gasteiger partial charge in [0.25, 0.3) is 0 Å². The van der Waals surface area contributed by atoms with Crippen LogP contribution in [0.2, 0.25) is 0 Å². The lowest BCUT2D eigenvalue weighted by Gasteiger charge is -2.24. The highest BCUT2D eigenvalue weighted by Crippen LogP contribution is 2.43. The van der Waals surface area contributed by atoms with E-state index in [1.165, 1.54) is 161 Å². The molecule has 52 heavy (non-hydrogen) atoms. The smallest absolute Gasteiger partial charge is 0.457 e. The number of quaternary nitrogens is 1. The largest absolute Gasteiger partial charge is 0.472 e. The van der Waals surface area contributed by atoms with Gasteiger partial charge in [-0.1, -0.05) is 194 Å². The van der Waals surface area contributed by atoms with Crippen molar-refractivity contribution in [1.29, 1.82) is 0 Å². The molecule has 0 saturated carbocycles. The number of hydrogen-bond donors (Lipinski definition) is 1. The highest BCUT2D eigenvalue weighted by atomic mass is 31.2. The molecule has 0 fully saturated rings. The van der Waals surface area contributed by atoms with E-state index in [-0.39, 0.29) is 25.8 Å². The fourth-order valence-corrected chi connectivity index (χ4v) is 7.18. The number of unbranched alkanes of at least 4 members (excludes halogenated alkanes) is 28. The first-order chi connectivity index (χ1) is 25.1. The van der Waals surface area contributed by atoms with Crippen molar-refractivity contribution in [2.24, 2.45) is 0 Å². The van der Waals surface area contributed by atoms with Gasteiger partial charge in [0.05, 0.1) is 34.4 Å². The second-order valence-corrected chi connectivity index (χ2v) is 17.9. The number of phosphoric acid groups is 1. The SMILES string of the molecule is CCCCCCCCCCCCCCCCCCOC[C@H](COP(=O)(O)OCC[N+](C)(C)C)OC(=O)CCCCCCCCCCCCCCCC. The minimum Gasteiger partial charge on any atom is -0.457 e. The summed E-state index contributed by atoms with van der Waals surface area (Å²) in [4.78, 5) is 22.9. The molecule has 312 valence electrons. The van der Waals surface area contributed by atoms with E-state index in [0.717, 1.165) is 32.1 Å². The topological polar surface area (TPSA) is 91.3 Å². The van der Waals surface area contributed by atoms with Crippen LogP contribution in [0.5, 0.6) is 0 Å². The number of ether oxygens (including phenoxy) is 2. The van der Waals surface area contributed by atoms with Crippen molar-refractivity contribution < 1.29 is 37.3 Å². The molecule has 0 heterocycles. The van der Waals surface area contributed by atoms with Gasteiger partial charge in [-0.3, -0.25) is 13.8 Å². The Hall–Kier alpha value is -0.500. The monoisotopic (exact) mass is 763 g/mol. The van der Waals surface area contributed by atoms with E-state index in [4.69, 9.17) is 18.5 Å². The van der Waals surface area contributed by atoms with Crippen LogP contribution in [0.3, 0.4) is 0 Å². The molecule has 2 atom stereocenters. The van der Waals surface area contributed by atoms with Crippen LogP contribution in [0.4, 0.5) is 0 Å². The average Bonchev–Trinajstić information content (AvgIpc) is 3.09. The summed E-state index contributed by atoms with van der Waals surface area (Å²) < 4.78 is 35.0. The van der Waals surface area contributed by atoms with E-state index in [9.17, 15) is 14.3 Å². The molecular formula is C43H89NO7P+. The molecule has 0 aliphatic carbocycles. The molecule has 0 aromatic carbocycles. The third-order valence-corrected chi connectivity index (χ3v) is 10.9. The lowest BCUT2D eigenvalue weighted by atomic mass is 10.0. The zero-order valence-electron chi connectivity index (χ0n) is 35.3. The van der Waals surface area contributed by atoms with Crippen LogP contribution in [-0.4, -0.2) is 75.6 Å². The van der Waals surface area contributed by atoms with Gasteiger partial charge >= 0.3 is 13.8 Å². The number of carbonyl (C=O) groups excluding carboxylic acids is 1. The van der Waals surface area contributed by atoms with Crippen LogP contribution in [-0.2, 0) is 27.9 Å². The van der Waals surface area contributed by atoms with Gasteiger partial charge in [0.1, 0.15) is 19.3 Å². The first kappa shape index (κ1) is 51.5. The zero-order valence-corrected chi connectivity index (χ0v) is 36.2. The molecule has 0 bridgehead atoms. The predicted octanol–water partition coefficient (Wildman–Crippen LogP) is 12.9. The number of rotatable bonds is 42. The van der Waals surface area contributed by atoms with Gasteiger partial charge in [0.15, 0.2) is 0 Å². The zero-order chi connectivity index (χ0) is 38.4. The van der Waals surface area contributed by atoms with Crippen LogP contribution in [0.25, 0.3) is 0 Å². The highest BCUT2D eigenvalue weighted by molar-refractivity contribution is 7.47. The van der Waals surface area contributed by atoms with E-state index in [0.29, 0.717) is 24.1 Å². The van der Waals surface area contributed by atoms with E-state index < -0.39 is 13.9 Å². The first-order valence-electron chi connectivity index (χ1n) is 22.3. The Morgan fingerprint density at radius 3 is 1.27 bits per heavy atom. The Labute approximate surface area is 323 Å². The normalized spacial score (nSPS) is 13.7. The number of phosphoric ester groups is 1. The van der Waals surface area contributed by atoms with E-state index in [1.807, 2.05) is 21.1 Å². The number of carbonyl (C=O) groups is 1. The quantitative estimate of drug-likeness (QED) is 0.0286. The van der Waals surface area contributed by atoms with Crippen LogP contribution in [0.15, 0.2) is 0 Å². The molecule has 0 radical (unpaired) electrons. The third kappa shape index (κ3) is 40.7. The Bertz CT molecular complexity index is 807. The predicted molar refractivity (Wildman–Crippen MR) is 220 cm³/mol. The maximum atomic E-state index is 12.7. The van der Waals surface area contributed by atoms with Gasteiger partial charge < -0.3 is 18.9 Å². The number of hydrogen-bond acceptors (Lipinski definition) is 6. The summed E-state index contributed by atoms with van der Waals surface area (Å²) in [7, 11) is 1.69. The molecule has 0 saturated heterocycles. The van der Waals surface area contributed by atoms with E-state index in [1.54, 1.807) is 0 Å². The Kier molecular flexibility index (Phi) is 37.1. The molecule has 1 unspecified atom stereocenters. The number of likely N-dealkylation sites (N-methyl/N-ethyl adjacent to an activating group) is 1. The summed E-state index contributed by atoms with van der Waals surface area (Å²) in [6.07, 6.45) is 38.4. The molecule has 9 heteroatoms. The van der Waals surface area contributed by atoms with Gasteiger partial charge in [-0.2, -0.15) is 0 Å². The van der Waals surface area contributed by atoms with Crippen molar-refractivity contribution in [2.45, 2.75) is 219 Å². The molecule has 0 aromatic heterocycles. The highest BCUT2D eigenvalue weighted by Gasteiger charge is 2.26. The lowest BCUT2D eigenvalue weighted by Crippen LogP contribution is -2.37. The molecule has 0 aliphatic heterocycles. The minimum absolute atomic E-state index is 0.0939. The summed E-state index contributed by atoms with van der Waals surface area (Å²) in [5, 5.41) is 0. The summed E-state index contributed by atoms with van der Waals surface area (Å²) in [5.74, 6) is -0.308. The van der Waals surface area contributed by atoms with Crippen LogP contribution >= 0.6 is 7.82 Å². The Morgan fingerprint density at radius 2 is 0.885 bits per heavy atom. The standard InChI is InChI=1S/C43H88NO7P/c1-6-8-10-12-14-16-18-20-22-23-25-27-29-31-33-35-38-48-40-42(41-50-52(46,47)49-39-37-44(3,4)5)51-43(45)36-34-32-30-28-26-24-21-19-17-15-13-11-9-7-2/h42H,6-41H2,1-5H3/p+1/t42-/m1/s1. The number of esters is 1. The molecule has 0 amide bonds. The second-order valence-electron chi connectivity index (χ2n) is 16.4. The van der Waals surface area contributed by atoms with Crippen molar-refractivity contribution >= 4 is 13.8 Å². The maximum absolute atomic E-state index is 12.7. The Balaban J connectivity index is 4.18. The van der Waals surface area contributed by atoms with Gasteiger partial charge in [-0.05, 0) is 12.8 Å². The van der Waals surface area contributed by atoms with Crippen molar-refractivity contribution in [2.75, 3.05) is 54.1 Å². The molecule has 0 aromatic rings. The summed E-state index contributed by atoms with van der Waals surface area (Å²) >= 11 is 0. The van der Waals surface area contributed by atoms with Crippen molar-refractivity contribution in [3.05, 3.63) is 0 Å².